The quantitative estimate of drug-likeness (QED) is 0.889. The van der Waals surface area contributed by atoms with Crippen LogP contribution >= 0.6 is 11.8 Å². The molecule has 1 aromatic heterocycles. The average molecular weight is 318 g/mol. The van der Waals surface area contributed by atoms with E-state index >= 15 is 0 Å². The summed E-state index contributed by atoms with van der Waals surface area (Å²) >= 11 is 1.67. The molecular weight excluding hydrogens is 300 g/mol. The van der Waals surface area contributed by atoms with Gasteiger partial charge in [-0.2, -0.15) is 0 Å². The van der Waals surface area contributed by atoms with Crippen molar-refractivity contribution in [2.45, 2.75) is 13.0 Å². The molecule has 1 unspecified atom stereocenters. The predicted molar refractivity (Wildman–Crippen MR) is 88.6 cm³/mol. The van der Waals surface area contributed by atoms with Crippen molar-refractivity contribution in [3.8, 4) is 5.69 Å². The molecule has 1 aliphatic rings. The summed E-state index contributed by atoms with van der Waals surface area (Å²) in [5.74, 6) is 1.33. The fourth-order valence-corrected chi connectivity index (χ4v) is 3.43. The smallest absolute Gasteiger partial charge is 0.295 e. The first-order valence-corrected chi connectivity index (χ1v) is 8.21. The number of hydrogen-bond acceptors (Lipinski definition) is 4. The van der Waals surface area contributed by atoms with Crippen LogP contribution in [0, 0.1) is 6.92 Å². The molecule has 1 saturated heterocycles. The van der Waals surface area contributed by atoms with E-state index in [-0.39, 0.29) is 17.5 Å². The van der Waals surface area contributed by atoms with E-state index in [0.29, 0.717) is 5.69 Å². The number of carbonyl (C=O) groups is 1. The van der Waals surface area contributed by atoms with Gasteiger partial charge < -0.3 is 5.32 Å². The van der Waals surface area contributed by atoms with Gasteiger partial charge in [0.25, 0.3) is 5.56 Å². The number of carbonyl (C=O) groups excluding carboxylic acids is 1. The van der Waals surface area contributed by atoms with Gasteiger partial charge in [-0.3, -0.25) is 19.6 Å². The van der Waals surface area contributed by atoms with Gasteiger partial charge in [0.2, 0.25) is 5.91 Å². The van der Waals surface area contributed by atoms with E-state index in [1.54, 1.807) is 21.1 Å². The lowest BCUT2D eigenvalue weighted by Gasteiger charge is -2.09. The second-order valence-corrected chi connectivity index (χ2v) is 6.23. The first-order chi connectivity index (χ1) is 10.6. The zero-order valence-electron chi connectivity index (χ0n) is 12.5. The fourth-order valence-electron chi connectivity index (χ4n) is 2.49. The van der Waals surface area contributed by atoms with Crippen LogP contribution in [0.2, 0.25) is 0 Å². The molecule has 0 radical (unpaired) electrons. The minimum Gasteiger partial charge on any atom is -0.319 e. The van der Waals surface area contributed by atoms with Gasteiger partial charge in [-0.25, -0.2) is 4.68 Å². The molecular formula is C15H18N4O2S. The Morgan fingerprint density at radius 2 is 2.09 bits per heavy atom. The normalized spacial score (nSPS) is 17.6. The average Bonchev–Trinajstić information content (AvgIpc) is 3.13. The van der Waals surface area contributed by atoms with Gasteiger partial charge in [0, 0.05) is 18.7 Å². The summed E-state index contributed by atoms with van der Waals surface area (Å²) in [6.07, 6.45) is 0. The Bertz CT molecular complexity index is 745. The van der Waals surface area contributed by atoms with Gasteiger partial charge in [-0.15, -0.1) is 11.8 Å². The lowest BCUT2D eigenvalue weighted by molar-refractivity contribution is -0.117. The summed E-state index contributed by atoms with van der Waals surface area (Å²) in [5, 5.41) is 5.89. The Morgan fingerprint density at radius 3 is 2.73 bits per heavy atom. The molecule has 2 heterocycles. The number of amides is 1. The number of rotatable bonds is 3. The zero-order valence-corrected chi connectivity index (χ0v) is 13.3. The molecule has 1 atom stereocenters. The third-order valence-electron chi connectivity index (χ3n) is 3.84. The van der Waals surface area contributed by atoms with Gasteiger partial charge in [-0.05, 0) is 19.1 Å². The number of nitrogens with one attached hydrogen (secondary N) is 2. The molecule has 2 N–H and O–H groups in total. The molecule has 116 valence electrons. The molecule has 0 bridgehead atoms. The molecule has 7 heteroatoms. The van der Waals surface area contributed by atoms with E-state index < -0.39 is 0 Å². The third kappa shape index (κ3) is 2.57. The van der Waals surface area contributed by atoms with E-state index in [9.17, 15) is 9.59 Å². The molecule has 1 aliphatic heterocycles. The van der Waals surface area contributed by atoms with E-state index in [2.05, 4.69) is 10.6 Å². The van der Waals surface area contributed by atoms with Crippen molar-refractivity contribution >= 4 is 23.4 Å². The predicted octanol–water partition coefficient (Wildman–Crippen LogP) is 1.09. The monoisotopic (exact) mass is 318 g/mol. The van der Waals surface area contributed by atoms with Gasteiger partial charge in [0.1, 0.15) is 5.69 Å². The first-order valence-electron chi connectivity index (χ1n) is 7.05. The lowest BCUT2D eigenvalue weighted by Crippen LogP contribution is -2.38. The van der Waals surface area contributed by atoms with E-state index in [4.69, 9.17) is 0 Å². The first kappa shape index (κ1) is 14.9. The van der Waals surface area contributed by atoms with Crippen molar-refractivity contribution in [1.82, 2.24) is 14.7 Å². The molecule has 0 saturated carbocycles. The molecule has 1 amide bonds. The number of nitrogens with zero attached hydrogens (tertiary/aromatic N) is 2. The van der Waals surface area contributed by atoms with E-state index in [1.807, 2.05) is 44.3 Å². The van der Waals surface area contributed by atoms with Crippen LogP contribution in [0.3, 0.4) is 0 Å². The maximum absolute atomic E-state index is 12.7. The molecule has 2 aromatic rings. The topological polar surface area (TPSA) is 68.1 Å². The van der Waals surface area contributed by atoms with Crippen LogP contribution in [0.25, 0.3) is 5.69 Å². The molecule has 0 aliphatic carbocycles. The molecule has 22 heavy (non-hydrogen) atoms. The summed E-state index contributed by atoms with van der Waals surface area (Å²) < 4.78 is 3.31. The Kier molecular flexibility index (Phi) is 4.08. The molecule has 6 nitrogen and oxygen atoms in total. The van der Waals surface area contributed by atoms with Crippen LogP contribution in [0.5, 0.6) is 0 Å². The minimum absolute atomic E-state index is 0.156. The highest BCUT2D eigenvalue weighted by Gasteiger charge is 2.25. The van der Waals surface area contributed by atoms with Gasteiger partial charge in [-0.1, -0.05) is 18.2 Å². The van der Waals surface area contributed by atoms with Crippen molar-refractivity contribution in [1.29, 1.82) is 0 Å². The van der Waals surface area contributed by atoms with Crippen LogP contribution in [-0.4, -0.2) is 32.9 Å². The fraction of sp³-hybridized carbons (Fsp3) is 0.333. The Labute approximate surface area is 132 Å². The Morgan fingerprint density at radius 1 is 1.36 bits per heavy atom. The van der Waals surface area contributed by atoms with Crippen LogP contribution in [0.1, 0.15) is 5.69 Å². The summed E-state index contributed by atoms with van der Waals surface area (Å²) in [7, 11) is 1.81. The minimum atomic E-state index is -0.241. The maximum Gasteiger partial charge on any atom is 0.295 e. The Balaban J connectivity index is 1.96. The number of benzene rings is 1. The molecule has 1 aromatic carbocycles. The van der Waals surface area contributed by atoms with Crippen LogP contribution < -0.4 is 16.2 Å². The lowest BCUT2D eigenvalue weighted by atomic mass is 10.3. The number of thioether (sulfide) groups is 1. The number of para-hydroxylation sites is 1. The van der Waals surface area contributed by atoms with Crippen LogP contribution in [0.4, 0.5) is 5.69 Å². The van der Waals surface area contributed by atoms with Crippen LogP contribution in [0.15, 0.2) is 35.1 Å². The van der Waals surface area contributed by atoms with Crippen molar-refractivity contribution in [2.75, 3.05) is 16.9 Å². The zero-order chi connectivity index (χ0) is 15.7. The molecule has 0 spiro atoms. The van der Waals surface area contributed by atoms with Crippen molar-refractivity contribution in [3.63, 3.8) is 0 Å². The SMILES string of the molecule is Cc1c(NC(=O)C2CSCN2)c(=O)n(-c2ccccc2)n1C. The second kappa shape index (κ2) is 6.02. The molecule has 1 fully saturated rings. The summed E-state index contributed by atoms with van der Waals surface area (Å²) in [6, 6.07) is 9.14. The van der Waals surface area contributed by atoms with Gasteiger partial charge >= 0.3 is 0 Å². The highest BCUT2D eigenvalue weighted by molar-refractivity contribution is 7.99. The number of anilines is 1. The van der Waals surface area contributed by atoms with Gasteiger partial charge in [0.05, 0.1) is 17.4 Å². The summed E-state index contributed by atoms with van der Waals surface area (Å²) in [4.78, 5) is 24.9. The van der Waals surface area contributed by atoms with E-state index in [0.717, 1.165) is 23.0 Å². The summed E-state index contributed by atoms with van der Waals surface area (Å²) in [5.41, 5.74) is 1.63. The van der Waals surface area contributed by atoms with Crippen molar-refractivity contribution in [2.24, 2.45) is 7.05 Å². The van der Waals surface area contributed by atoms with Crippen LogP contribution in [-0.2, 0) is 11.8 Å². The van der Waals surface area contributed by atoms with E-state index in [1.165, 1.54) is 0 Å². The van der Waals surface area contributed by atoms with Gasteiger partial charge in [0.15, 0.2) is 0 Å². The third-order valence-corrected chi connectivity index (χ3v) is 4.78. The second-order valence-electron chi connectivity index (χ2n) is 5.20. The number of aromatic nitrogens is 2. The summed E-state index contributed by atoms with van der Waals surface area (Å²) in [6.45, 7) is 1.83. The number of hydrogen-bond donors (Lipinski definition) is 2. The molecule has 3 rings (SSSR count). The van der Waals surface area contributed by atoms with Crippen molar-refractivity contribution in [3.05, 3.63) is 46.4 Å². The largest absolute Gasteiger partial charge is 0.319 e. The standard InChI is InChI=1S/C15H18N4O2S/c1-10-13(17-14(20)12-8-22-9-16-12)15(21)19(18(10)2)11-6-4-3-5-7-11/h3-7,12,16H,8-9H2,1-2H3,(H,17,20). The highest BCUT2D eigenvalue weighted by Crippen LogP contribution is 2.16. The van der Waals surface area contributed by atoms with Crippen molar-refractivity contribution < 1.29 is 4.79 Å². The maximum atomic E-state index is 12.7. The highest BCUT2D eigenvalue weighted by atomic mass is 32.2. The Hall–Kier alpha value is -1.99.